The second kappa shape index (κ2) is 6.80. The quantitative estimate of drug-likeness (QED) is 0.842. The van der Waals surface area contributed by atoms with Crippen LogP contribution in [0.5, 0.6) is 0 Å². The highest BCUT2D eigenvalue weighted by Crippen LogP contribution is 2.14. The molecule has 22 heavy (non-hydrogen) atoms. The molecule has 0 unspecified atom stereocenters. The van der Waals surface area contributed by atoms with Gasteiger partial charge in [-0.1, -0.05) is 12.1 Å². The van der Waals surface area contributed by atoms with E-state index in [9.17, 15) is 4.79 Å². The summed E-state index contributed by atoms with van der Waals surface area (Å²) < 4.78 is 5.39. The minimum atomic E-state index is -0.452. The smallest absolute Gasteiger partial charge is 0.410 e. The van der Waals surface area contributed by atoms with E-state index in [0.29, 0.717) is 18.7 Å². The fourth-order valence-corrected chi connectivity index (χ4v) is 2.41. The van der Waals surface area contributed by atoms with Gasteiger partial charge in [0.05, 0.1) is 11.6 Å². The molecule has 2 rings (SSSR count). The summed E-state index contributed by atoms with van der Waals surface area (Å²) in [4.78, 5) is 16.1. The van der Waals surface area contributed by atoms with Gasteiger partial charge in [-0.05, 0) is 38.5 Å². The van der Waals surface area contributed by atoms with Crippen LogP contribution in [0.15, 0.2) is 24.3 Å². The zero-order valence-electron chi connectivity index (χ0n) is 13.5. The maximum atomic E-state index is 12.0. The maximum absolute atomic E-state index is 12.0. The molecule has 1 aromatic carbocycles. The van der Waals surface area contributed by atoms with E-state index in [2.05, 4.69) is 11.0 Å². The lowest BCUT2D eigenvalue weighted by Crippen LogP contribution is -2.49. The number of hydrogen-bond donors (Lipinski definition) is 0. The molecule has 1 amide bonds. The first-order chi connectivity index (χ1) is 10.4. The first-order valence-corrected chi connectivity index (χ1v) is 7.57. The molecule has 0 aromatic heterocycles. The van der Waals surface area contributed by atoms with E-state index in [1.807, 2.05) is 45.0 Å². The molecule has 1 aliphatic rings. The third-order valence-corrected chi connectivity index (χ3v) is 3.49. The van der Waals surface area contributed by atoms with Crippen molar-refractivity contribution in [1.29, 1.82) is 5.26 Å². The van der Waals surface area contributed by atoms with E-state index in [0.717, 1.165) is 25.2 Å². The third kappa shape index (κ3) is 4.74. The highest BCUT2D eigenvalue weighted by atomic mass is 16.6. The second-order valence-electron chi connectivity index (χ2n) is 6.56. The molecule has 0 atom stereocenters. The molecular formula is C17H23N3O2. The highest BCUT2D eigenvalue weighted by Gasteiger charge is 2.25. The lowest BCUT2D eigenvalue weighted by Gasteiger charge is -2.35. The van der Waals surface area contributed by atoms with Crippen LogP contribution in [0.1, 0.15) is 31.9 Å². The fraction of sp³-hybridized carbons (Fsp3) is 0.529. The molecule has 0 radical (unpaired) electrons. The Morgan fingerprint density at radius 3 is 2.55 bits per heavy atom. The van der Waals surface area contributed by atoms with Crippen LogP contribution in [0.4, 0.5) is 4.79 Å². The van der Waals surface area contributed by atoms with Crippen molar-refractivity contribution >= 4 is 6.09 Å². The molecular weight excluding hydrogens is 278 g/mol. The summed E-state index contributed by atoms with van der Waals surface area (Å²) in [6, 6.07) is 9.82. The Morgan fingerprint density at radius 1 is 1.27 bits per heavy atom. The SMILES string of the molecule is CC(C)(C)OC(=O)N1CCN(Cc2cccc(C#N)c2)CC1. The molecule has 0 aliphatic carbocycles. The van der Waals surface area contributed by atoms with Gasteiger partial charge in [0.25, 0.3) is 0 Å². The minimum Gasteiger partial charge on any atom is -0.444 e. The van der Waals surface area contributed by atoms with E-state index in [4.69, 9.17) is 10.00 Å². The number of hydrogen-bond acceptors (Lipinski definition) is 4. The van der Waals surface area contributed by atoms with E-state index in [-0.39, 0.29) is 6.09 Å². The number of ether oxygens (including phenoxy) is 1. The topological polar surface area (TPSA) is 56.6 Å². The van der Waals surface area contributed by atoms with Crippen LogP contribution in [0.2, 0.25) is 0 Å². The molecule has 118 valence electrons. The van der Waals surface area contributed by atoms with Crippen molar-refractivity contribution in [3.8, 4) is 6.07 Å². The van der Waals surface area contributed by atoms with Crippen molar-refractivity contribution in [3.63, 3.8) is 0 Å². The highest BCUT2D eigenvalue weighted by molar-refractivity contribution is 5.68. The number of benzene rings is 1. The summed E-state index contributed by atoms with van der Waals surface area (Å²) in [7, 11) is 0. The predicted molar refractivity (Wildman–Crippen MR) is 84.2 cm³/mol. The van der Waals surface area contributed by atoms with Gasteiger partial charge in [-0.2, -0.15) is 5.26 Å². The summed E-state index contributed by atoms with van der Waals surface area (Å²) in [5.74, 6) is 0. The third-order valence-electron chi connectivity index (χ3n) is 3.49. The molecule has 1 fully saturated rings. The number of piperazine rings is 1. The van der Waals surface area contributed by atoms with Gasteiger partial charge < -0.3 is 9.64 Å². The van der Waals surface area contributed by atoms with Gasteiger partial charge in [0.1, 0.15) is 5.60 Å². The summed E-state index contributed by atoms with van der Waals surface area (Å²) >= 11 is 0. The minimum absolute atomic E-state index is 0.237. The van der Waals surface area contributed by atoms with Gasteiger partial charge in [-0.15, -0.1) is 0 Å². The molecule has 1 aromatic rings. The van der Waals surface area contributed by atoms with Gasteiger partial charge in [-0.25, -0.2) is 4.79 Å². The van der Waals surface area contributed by atoms with Crippen molar-refractivity contribution in [3.05, 3.63) is 35.4 Å². The lowest BCUT2D eigenvalue weighted by molar-refractivity contribution is 0.0139. The molecule has 1 heterocycles. The van der Waals surface area contributed by atoms with Crippen molar-refractivity contribution in [2.45, 2.75) is 32.9 Å². The number of nitriles is 1. The Kier molecular flexibility index (Phi) is 5.04. The Labute approximate surface area is 132 Å². The van der Waals surface area contributed by atoms with Crippen LogP contribution in [0.25, 0.3) is 0 Å². The number of amides is 1. The van der Waals surface area contributed by atoms with Gasteiger partial charge in [0.2, 0.25) is 0 Å². The average molecular weight is 301 g/mol. The normalized spacial score (nSPS) is 16.2. The Bertz CT molecular complexity index is 564. The van der Waals surface area contributed by atoms with Crippen LogP contribution in [-0.4, -0.2) is 47.7 Å². The van der Waals surface area contributed by atoms with Crippen LogP contribution in [-0.2, 0) is 11.3 Å². The van der Waals surface area contributed by atoms with E-state index in [1.54, 1.807) is 4.90 Å². The van der Waals surface area contributed by atoms with Gasteiger partial charge >= 0.3 is 6.09 Å². The van der Waals surface area contributed by atoms with E-state index >= 15 is 0 Å². The van der Waals surface area contributed by atoms with Crippen LogP contribution < -0.4 is 0 Å². The van der Waals surface area contributed by atoms with E-state index < -0.39 is 5.60 Å². The number of carbonyl (C=O) groups is 1. The van der Waals surface area contributed by atoms with Gasteiger partial charge in [-0.3, -0.25) is 4.90 Å². The predicted octanol–water partition coefficient (Wildman–Crippen LogP) is 2.61. The Hall–Kier alpha value is -2.06. The maximum Gasteiger partial charge on any atom is 0.410 e. The molecule has 5 nitrogen and oxygen atoms in total. The fourth-order valence-electron chi connectivity index (χ4n) is 2.41. The Morgan fingerprint density at radius 2 is 1.95 bits per heavy atom. The summed E-state index contributed by atoms with van der Waals surface area (Å²) in [5.41, 5.74) is 1.36. The lowest BCUT2D eigenvalue weighted by atomic mass is 10.1. The zero-order valence-corrected chi connectivity index (χ0v) is 13.5. The first kappa shape index (κ1) is 16.3. The molecule has 1 aliphatic heterocycles. The number of nitrogens with zero attached hydrogens (tertiary/aromatic N) is 3. The number of rotatable bonds is 2. The average Bonchev–Trinajstić information content (AvgIpc) is 2.46. The zero-order chi connectivity index (χ0) is 16.2. The molecule has 0 N–H and O–H groups in total. The van der Waals surface area contributed by atoms with Crippen LogP contribution in [0, 0.1) is 11.3 Å². The van der Waals surface area contributed by atoms with Crippen molar-refractivity contribution < 1.29 is 9.53 Å². The van der Waals surface area contributed by atoms with Gasteiger partial charge in [0.15, 0.2) is 0 Å². The summed E-state index contributed by atoms with van der Waals surface area (Å²) in [5, 5.41) is 8.93. The molecule has 5 heteroatoms. The van der Waals surface area contributed by atoms with Crippen molar-refractivity contribution in [2.75, 3.05) is 26.2 Å². The Balaban J connectivity index is 1.84. The largest absolute Gasteiger partial charge is 0.444 e. The number of carbonyl (C=O) groups excluding carboxylic acids is 1. The second-order valence-corrected chi connectivity index (χ2v) is 6.56. The molecule has 1 saturated heterocycles. The first-order valence-electron chi connectivity index (χ1n) is 7.57. The van der Waals surface area contributed by atoms with Crippen LogP contribution >= 0.6 is 0 Å². The van der Waals surface area contributed by atoms with Crippen molar-refractivity contribution in [1.82, 2.24) is 9.80 Å². The van der Waals surface area contributed by atoms with Crippen LogP contribution in [0.3, 0.4) is 0 Å². The monoisotopic (exact) mass is 301 g/mol. The van der Waals surface area contributed by atoms with E-state index in [1.165, 1.54) is 0 Å². The summed E-state index contributed by atoms with van der Waals surface area (Å²) in [6.45, 7) is 9.42. The summed E-state index contributed by atoms with van der Waals surface area (Å²) in [6.07, 6.45) is -0.237. The molecule has 0 bridgehead atoms. The molecule has 0 saturated carbocycles. The molecule has 0 spiro atoms. The van der Waals surface area contributed by atoms with Gasteiger partial charge in [0, 0.05) is 32.7 Å². The standard InChI is InChI=1S/C17H23N3O2/c1-17(2,3)22-16(21)20-9-7-19(8-10-20)13-15-6-4-5-14(11-15)12-18/h4-6,11H,7-10,13H2,1-3H3. The van der Waals surface area contributed by atoms with Crippen molar-refractivity contribution in [2.24, 2.45) is 0 Å².